The van der Waals surface area contributed by atoms with Gasteiger partial charge in [0.1, 0.15) is 5.69 Å². The van der Waals surface area contributed by atoms with E-state index in [1.54, 1.807) is 4.68 Å². The van der Waals surface area contributed by atoms with E-state index in [0.717, 1.165) is 18.7 Å². The van der Waals surface area contributed by atoms with Crippen molar-refractivity contribution < 1.29 is 4.52 Å². The molecular weight excluding hydrogens is 230 g/mol. The van der Waals surface area contributed by atoms with Crippen molar-refractivity contribution in [2.24, 2.45) is 7.05 Å². The summed E-state index contributed by atoms with van der Waals surface area (Å²) < 4.78 is 6.91. The zero-order chi connectivity index (χ0) is 13.2. The number of rotatable bonds is 4. The maximum Gasteiger partial charge on any atom is 0.228 e. The average Bonchev–Trinajstić information content (AvgIpc) is 2.85. The second-order valence-corrected chi connectivity index (χ2v) is 5.31. The first-order chi connectivity index (χ1) is 8.44. The van der Waals surface area contributed by atoms with Gasteiger partial charge in [0.05, 0.1) is 0 Å². The maximum atomic E-state index is 5.19. The lowest BCUT2D eigenvalue weighted by Crippen LogP contribution is -2.37. The van der Waals surface area contributed by atoms with Gasteiger partial charge in [-0.15, -0.1) is 0 Å². The van der Waals surface area contributed by atoms with Crippen LogP contribution in [0.2, 0.25) is 0 Å². The van der Waals surface area contributed by atoms with Crippen molar-refractivity contribution in [3.63, 3.8) is 0 Å². The first-order valence-corrected chi connectivity index (χ1v) is 6.02. The van der Waals surface area contributed by atoms with Crippen molar-refractivity contribution in [3.8, 4) is 11.5 Å². The lowest BCUT2D eigenvalue weighted by Gasteiger charge is -2.19. The molecule has 0 fully saturated rings. The standard InChI is InChI=1S/C12H19N5O/c1-12(2,3)13-7-5-10-14-11(16-18-10)9-6-8-17(4)15-9/h6,8,13H,5,7H2,1-4H3. The molecule has 0 aliphatic rings. The van der Waals surface area contributed by atoms with Gasteiger partial charge in [0.2, 0.25) is 11.7 Å². The molecule has 1 N–H and O–H groups in total. The normalized spacial score (nSPS) is 12.0. The Hall–Kier alpha value is -1.69. The molecule has 0 bridgehead atoms. The van der Waals surface area contributed by atoms with Crippen LogP contribution in [-0.4, -0.2) is 32.0 Å². The van der Waals surface area contributed by atoms with Gasteiger partial charge in [0.15, 0.2) is 0 Å². The maximum absolute atomic E-state index is 5.19. The van der Waals surface area contributed by atoms with Crippen LogP contribution < -0.4 is 5.32 Å². The Balaban J connectivity index is 1.94. The fraction of sp³-hybridized carbons (Fsp3) is 0.583. The molecule has 0 spiro atoms. The molecule has 2 aromatic rings. The summed E-state index contributed by atoms with van der Waals surface area (Å²) in [4.78, 5) is 4.32. The van der Waals surface area contributed by atoms with E-state index in [2.05, 4.69) is 41.3 Å². The molecule has 0 saturated carbocycles. The van der Waals surface area contributed by atoms with Crippen molar-refractivity contribution in [3.05, 3.63) is 18.2 Å². The summed E-state index contributed by atoms with van der Waals surface area (Å²) in [5.41, 5.74) is 0.834. The monoisotopic (exact) mass is 249 g/mol. The van der Waals surface area contributed by atoms with Crippen LogP contribution in [-0.2, 0) is 13.5 Å². The van der Waals surface area contributed by atoms with Crippen LogP contribution in [0.5, 0.6) is 0 Å². The fourth-order valence-electron chi connectivity index (χ4n) is 1.54. The average molecular weight is 249 g/mol. The Morgan fingerprint density at radius 2 is 2.17 bits per heavy atom. The predicted molar refractivity (Wildman–Crippen MR) is 68.0 cm³/mol. The van der Waals surface area contributed by atoms with Crippen LogP contribution in [0.4, 0.5) is 0 Å². The molecule has 2 heterocycles. The SMILES string of the molecule is Cn1ccc(-c2noc(CCNC(C)(C)C)n2)n1. The van der Waals surface area contributed by atoms with Gasteiger partial charge < -0.3 is 9.84 Å². The zero-order valence-corrected chi connectivity index (χ0v) is 11.3. The predicted octanol–water partition coefficient (Wildman–Crippen LogP) is 1.40. The molecule has 0 amide bonds. The third-order valence-electron chi connectivity index (χ3n) is 2.40. The van der Waals surface area contributed by atoms with E-state index in [1.807, 2.05) is 19.3 Å². The summed E-state index contributed by atoms with van der Waals surface area (Å²) >= 11 is 0. The third-order valence-corrected chi connectivity index (χ3v) is 2.40. The van der Waals surface area contributed by atoms with Crippen molar-refractivity contribution in [2.45, 2.75) is 32.7 Å². The molecule has 0 aromatic carbocycles. The van der Waals surface area contributed by atoms with E-state index < -0.39 is 0 Å². The molecule has 0 aliphatic heterocycles. The van der Waals surface area contributed by atoms with E-state index >= 15 is 0 Å². The largest absolute Gasteiger partial charge is 0.339 e. The third kappa shape index (κ3) is 3.40. The molecule has 2 rings (SSSR count). The van der Waals surface area contributed by atoms with Crippen molar-refractivity contribution in [1.29, 1.82) is 0 Å². The number of nitrogens with zero attached hydrogens (tertiary/aromatic N) is 4. The van der Waals surface area contributed by atoms with Gasteiger partial charge in [-0.1, -0.05) is 5.16 Å². The van der Waals surface area contributed by atoms with Gasteiger partial charge in [0.25, 0.3) is 0 Å². The molecule has 6 nitrogen and oxygen atoms in total. The molecule has 0 unspecified atom stereocenters. The van der Waals surface area contributed by atoms with Crippen molar-refractivity contribution >= 4 is 0 Å². The summed E-state index contributed by atoms with van der Waals surface area (Å²) in [6.45, 7) is 7.19. The number of hydrogen-bond donors (Lipinski definition) is 1. The second-order valence-electron chi connectivity index (χ2n) is 5.31. The van der Waals surface area contributed by atoms with Gasteiger partial charge in [0, 0.05) is 31.7 Å². The summed E-state index contributed by atoms with van der Waals surface area (Å²) in [6.07, 6.45) is 2.57. The first-order valence-electron chi connectivity index (χ1n) is 6.02. The summed E-state index contributed by atoms with van der Waals surface area (Å²) in [5, 5.41) is 11.5. The van der Waals surface area contributed by atoms with Gasteiger partial charge in [-0.2, -0.15) is 10.1 Å². The summed E-state index contributed by atoms with van der Waals surface area (Å²) in [7, 11) is 1.86. The smallest absolute Gasteiger partial charge is 0.228 e. The van der Waals surface area contributed by atoms with E-state index in [-0.39, 0.29) is 5.54 Å². The fourth-order valence-corrected chi connectivity index (χ4v) is 1.54. The second kappa shape index (κ2) is 4.89. The molecule has 6 heteroatoms. The van der Waals surface area contributed by atoms with Gasteiger partial charge in [-0.05, 0) is 26.8 Å². The van der Waals surface area contributed by atoms with Crippen LogP contribution in [0.15, 0.2) is 16.8 Å². The van der Waals surface area contributed by atoms with E-state index in [9.17, 15) is 0 Å². The topological polar surface area (TPSA) is 68.8 Å². The Morgan fingerprint density at radius 3 is 2.78 bits per heavy atom. The van der Waals surface area contributed by atoms with Gasteiger partial charge in [-0.3, -0.25) is 4.68 Å². The minimum Gasteiger partial charge on any atom is -0.339 e. The van der Waals surface area contributed by atoms with Crippen molar-refractivity contribution in [1.82, 2.24) is 25.2 Å². The quantitative estimate of drug-likeness (QED) is 0.887. The van der Waals surface area contributed by atoms with Crippen LogP contribution >= 0.6 is 0 Å². The van der Waals surface area contributed by atoms with Crippen LogP contribution in [0.25, 0.3) is 11.5 Å². The minimum absolute atomic E-state index is 0.101. The van der Waals surface area contributed by atoms with E-state index in [4.69, 9.17) is 4.52 Å². The van der Waals surface area contributed by atoms with Gasteiger partial charge in [-0.25, -0.2) is 0 Å². The van der Waals surface area contributed by atoms with E-state index in [0.29, 0.717) is 11.7 Å². The van der Waals surface area contributed by atoms with Crippen LogP contribution in [0, 0.1) is 0 Å². The number of aromatic nitrogens is 4. The highest BCUT2D eigenvalue weighted by molar-refractivity contribution is 5.46. The van der Waals surface area contributed by atoms with Gasteiger partial charge >= 0.3 is 0 Å². The molecular formula is C12H19N5O. The van der Waals surface area contributed by atoms with E-state index in [1.165, 1.54) is 0 Å². The highest BCUT2D eigenvalue weighted by Gasteiger charge is 2.12. The lowest BCUT2D eigenvalue weighted by atomic mass is 10.1. The first kappa shape index (κ1) is 12.8. The molecule has 0 aliphatic carbocycles. The Kier molecular flexibility index (Phi) is 3.47. The number of nitrogens with one attached hydrogen (secondary N) is 1. The lowest BCUT2D eigenvalue weighted by molar-refractivity contribution is 0.362. The minimum atomic E-state index is 0.101. The highest BCUT2D eigenvalue weighted by atomic mass is 16.5. The Bertz CT molecular complexity index is 509. The zero-order valence-electron chi connectivity index (χ0n) is 11.3. The molecule has 2 aromatic heterocycles. The molecule has 18 heavy (non-hydrogen) atoms. The Morgan fingerprint density at radius 1 is 1.39 bits per heavy atom. The Labute approximate surface area is 106 Å². The molecule has 98 valence electrons. The van der Waals surface area contributed by atoms with Crippen LogP contribution in [0.1, 0.15) is 26.7 Å². The molecule has 0 radical (unpaired) electrons. The molecule has 0 saturated heterocycles. The summed E-state index contributed by atoms with van der Waals surface area (Å²) in [6, 6.07) is 1.86. The highest BCUT2D eigenvalue weighted by Crippen LogP contribution is 2.12. The number of aryl methyl sites for hydroxylation is 1. The van der Waals surface area contributed by atoms with Crippen LogP contribution in [0.3, 0.4) is 0 Å². The summed E-state index contributed by atoms with van der Waals surface area (Å²) in [5.74, 6) is 1.17. The number of hydrogen-bond acceptors (Lipinski definition) is 5. The molecule has 0 atom stereocenters. The van der Waals surface area contributed by atoms with Crippen molar-refractivity contribution in [2.75, 3.05) is 6.54 Å².